The van der Waals surface area contributed by atoms with Crippen molar-refractivity contribution in [3.05, 3.63) is 67.0 Å². The molecule has 1 heterocycles. The van der Waals surface area contributed by atoms with Crippen LogP contribution in [-0.4, -0.2) is 6.54 Å². The molecule has 0 aromatic heterocycles. The van der Waals surface area contributed by atoms with E-state index in [1.807, 2.05) is 6.07 Å². The lowest BCUT2D eigenvalue weighted by molar-refractivity contribution is 1.26. The molecule has 0 unspecified atom stereocenters. The number of halogens is 3. The normalized spacial score (nSPS) is 14.1. The van der Waals surface area contributed by atoms with E-state index >= 15 is 0 Å². The van der Waals surface area contributed by atoms with Gasteiger partial charge in [-0.25, -0.2) is 0 Å². The summed E-state index contributed by atoms with van der Waals surface area (Å²) >= 11 is 10.9. The molecule has 1 nitrogen and oxygen atoms in total. The summed E-state index contributed by atoms with van der Waals surface area (Å²) in [5.74, 6) is 0. The van der Waals surface area contributed by atoms with Crippen molar-refractivity contribution in [2.45, 2.75) is 0 Å². The molecule has 0 saturated carbocycles. The minimum atomic E-state index is 0.803. The maximum absolute atomic E-state index is 3.70. The van der Waals surface area contributed by atoms with Crippen LogP contribution >= 0.6 is 47.8 Å². The Morgan fingerprint density at radius 1 is 0.947 bits per heavy atom. The molecule has 4 heteroatoms. The summed E-state index contributed by atoms with van der Waals surface area (Å²) in [6.45, 7) is 0.803. The molecule has 0 fully saturated rings. The molecule has 0 aliphatic carbocycles. The Morgan fingerprint density at radius 2 is 1.68 bits per heavy atom. The zero-order chi connectivity index (χ0) is 13.4. The summed E-state index contributed by atoms with van der Waals surface area (Å²) in [5.41, 5.74) is 4.81. The van der Waals surface area contributed by atoms with E-state index in [4.69, 9.17) is 0 Å². The highest BCUT2D eigenvalue weighted by Gasteiger charge is 2.21. The summed E-state index contributed by atoms with van der Waals surface area (Å²) < 4.78 is 3.32. The molecule has 96 valence electrons. The van der Waals surface area contributed by atoms with E-state index in [-0.39, 0.29) is 0 Å². The van der Waals surface area contributed by atoms with Gasteiger partial charge in [0.15, 0.2) is 0 Å². The zero-order valence-corrected chi connectivity index (χ0v) is 14.6. The Kier molecular flexibility index (Phi) is 3.83. The number of rotatable bonds is 1. The molecule has 1 aliphatic heterocycles. The number of fused-ring (bicyclic) bond motifs is 1. The zero-order valence-electron chi connectivity index (χ0n) is 9.88. The van der Waals surface area contributed by atoms with E-state index in [0.29, 0.717) is 0 Å². The highest BCUT2D eigenvalue weighted by molar-refractivity contribution is 9.12. The molecule has 0 atom stereocenters. The van der Waals surface area contributed by atoms with E-state index in [1.54, 1.807) is 0 Å². The molecule has 0 amide bonds. The molecule has 0 bridgehead atoms. The molecule has 3 rings (SSSR count). The number of anilines is 1. The number of hydrogen-bond acceptors (Lipinski definition) is 1. The maximum atomic E-state index is 3.70. The van der Waals surface area contributed by atoms with Crippen LogP contribution in [0.2, 0.25) is 0 Å². The van der Waals surface area contributed by atoms with Gasteiger partial charge in [0.2, 0.25) is 0 Å². The topological polar surface area (TPSA) is 12.0 Å². The molecule has 19 heavy (non-hydrogen) atoms. The average molecular weight is 444 g/mol. The smallest absolute Gasteiger partial charge is 0.0568 e. The third-order valence-electron chi connectivity index (χ3n) is 3.08. The average Bonchev–Trinajstić information content (AvgIpc) is 2.39. The van der Waals surface area contributed by atoms with Gasteiger partial charge in [-0.3, -0.25) is 0 Å². The van der Waals surface area contributed by atoms with E-state index in [1.165, 1.54) is 21.2 Å². The van der Waals surface area contributed by atoms with Gasteiger partial charge in [-0.1, -0.05) is 62.2 Å². The summed E-state index contributed by atoms with van der Waals surface area (Å²) in [6, 6.07) is 14.7. The van der Waals surface area contributed by atoms with Gasteiger partial charge in [-0.15, -0.1) is 0 Å². The number of nitrogens with one attached hydrogen (secondary N) is 1. The Balaban J connectivity index is 2.26. The van der Waals surface area contributed by atoms with Crippen LogP contribution in [-0.2, 0) is 0 Å². The lowest BCUT2D eigenvalue weighted by Gasteiger charge is -2.24. The fourth-order valence-corrected chi connectivity index (χ4v) is 4.22. The summed E-state index contributed by atoms with van der Waals surface area (Å²) in [6.07, 6.45) is 0. The van der Waals surface area contributed by atoms with Crippen molar-refractivity contribution in [3.63, 3.8) is 0 Å². The van der Waals surface area contributed by atoms with Crippen LogP contribution in [0.4, 0.5) is 5.69 Å². The molecule has 1 N–H and O–H groups in total. The first-order valence-corrected chi connectivity index (χ1v) is 8.22. The first kappa shape index (κ1) is 13.4. The van der Waals surface area contributed by atoms with Gasteiger partial charge in [0.25, 0.3) is 0 Å². The quantitative estimate of drug-likeness (QED) is 0.588. The molecule has 2 aromatic carbocycles. The highest BCUT2D eigenvalue weighted by atomic mass is 79.9. The largest absolute Gasteiger partial charge is 0.379 e. The Hall–Kier alpha value is -0.580. The van der Waals surface area contributed by atoms with Gasteiger partial charge < -0.3 is 5.32 Å². The van der Waals surface area contributed by atoms with Crippen molar-refractivity contribution in [2.24, 2.45) is 0 Å². The summed E-state index contributed by atoms with van der Waals surface area (Å²) in [5, 5.41) is 3.44. The van der Waals surface area contributed by atoms with Crippen molar-refractivity contribution in [2.75, 3.05) is 11.9 Å². The van der Waals surface area contributed by atoms with Gasteiger partial charge in [-0.2, -0.15) is 0 Å². The molecule has 0 radical (unpaired) electrons. The monoisotopic (exact) mass is 441 g/mol. The van der Waals surface area contributed by atoms with Crippen molar-refractivity contribution >= 4 is 59.1 Å². The molecule has 2 aromatic rings. The van der Waals surface area contributed by atoms with Crippen LogP contribution in [0, 0.1) is 0 Å². The molecular formula is C15H10Br3N. The fraction of sp³-hybridized carbons (Fsp3) is 0.0667. The van der Waals surface area contributed by atoms with Crippen LogP contribution in [0.25, 0.3) is 5.57 Å². The SMILES string of the molecule is BrC1=C(c2ccccc2)c2cc(Br)cc(Br)c2NC1. The minimum Gasteiger partial charge on any atom is -0.379 e. The van der Waals surface area contributed by atoms with Gasteiger partial charge in [0, 0.05) is 31.1 Å². The second-order valence-corrected chi connectivity index (χ2v) is 7.04. The van der Waals surface area contributed by atoms with Crippen molar-refractivity contribution in [3.8, 4) is 0 Å². The Morgan fingerprint density at radius 3 is 2.42 bits per heavy atom. The van der Waals surface area contributed by atoms with Crippen LogP contribution in [0.1, 0.15) is 11.1 Å². The van der Waals surface area contributed by atoms with Crippen LogP contribution in [0.5, 0.6) is 0 Å². The predicted octanol–water partition coefficient (Wildman–Crippen LogP) is 5.79. The van der Waals surface area contributed by atoms with Gasteiger partial charge in [-0.05, 0) is 33.6 Å². The summed E-state index contributed by atoms with van der Waals surface area (Å²) in [7, 11) is 0. The first-order chi connectivity index (χ1) is 9.16. The summed E-state index contributed by atoms with van der Waals surface area (Å²) in [4.78, 5) is 0. The van der Waals surface area contributed by atoms with E-state index in [2.05, 4.69) is 89.5 Å². The van der Waals surface area contributed by atoms with Crippen molar-refractivity contribution in [1.82, 2.24) is 0 Å². The van der Waals surface area contributed by atoms with E-state index in [9.17, 15) is 0 Å². The molecule has 1 aliphatic rings. The Labute approximate surface area is 137 Å². The molecule has 0 spiro atoms. The second kappa shape index (κ2) is 5.43. The lowest BCUT2D eigenvalue weighted by Crippen LogP contribution is -2.12. The standard InChI is InChI=1S/C15H10Br3N/c16-10-6-11-14(9-4-2-1-3-5-9)13(18)8-19-15(11)12(17)7-10/h1-7,19H,8H2. The number of hydrogen-bond donors (Lipinski definition) is 1. The van der Waals surface area contributed by atoms with Gasteiger partial charge in [0.1, 0.15) is 0 Å². The molecule has 0 saturated heterocycles. The fourth-order valence-electron chi connectivity index (χ4n) is 2.27. The maximum Gasteiger partial charge on any atom is 0.0568 e. The first-order valence-electron chi connectivity index (χ1n) is 5.84. The highest BCUT2D eigenvalue weighted by Crippen LogP contribution is 2.42. The lowest BCUT2D eigenvalue weighted by atomic mass is 9.94. The van der Waals surface area contributed by atoms with Crippen LogP contribution < -0.4 is 5.32 Å². The number of benzene rings is 2. The van der Waals surface area contributed by atoms with Crippen molar-refractivity contribution in [1.29, 1.82) is 0 Å². The third-order valence-corrected chi connectivity index (χ3v) is 4.84. The van der Waals surface area contributed by atoms with Gasteiger partial charge in [0.05, 0.1) is 5.69 Å². The van der Waals surface area contributed by atoms with E-state index < -0.39 is 0 Å². The van der Waals surface area contributed by atoms with Gasteiger partial charge >= 0.3 is 0 Å². The second-order valence-electron chi connectivity index (χ2n) is 4.31. The minimum absolute atomic E-state index is 0.803. The van der Waals surface area contributed by atoms with Crippen molar-refractivity contribution < 1.29 is 0 Å². The predicted molar refractivity (Wildman–Crippen MR) is 91.7 cm³/mol. The Bertz CT molecular complexity index is 663. The van der Waals surface area contributed by atoms with Crippen LogP contribution in [0.3, 0.4) is 0 Å². The van der Waals surface area contributed by atoms with Crippen LogP contribution in [0.15, 0.2) is 55.9 Å². The third kappa shape index (κ3) is 2.54. The molecular weight excluding hydrogens is 434 g/mol. The van der Waals surface area contributed by atoms with E-state index in [0.717, 1.165) is 21.2 Å².